The van der Waals surface area contributed by atoms with Crippen molar-refractivity contribution in [3.8, 4) is 0 Å². The fraction of sp³-hybridized carbons (Fsp3) is 0.250. The summed E-state index contributed by atoms with van der Waals surface area (Å²) in [7, 11) is 0. The van der Waals surface area contributed by atoms with Gasteiger partial charge < -0.3 is 9.88 Å². The van der Waals surface area contributed by atoms with Crippen LogP contribution in [-0.4, -0.2) is 36.7 Å². The molecule has 7 heteroatoms. The Morgan fingerprint density at radius 2 is 2.39 bits per heavy atom. The zero-order valence-corrected chi connectivity index (χ0v) is 13.4. The van der Waals surface area contributed by atoms with Crippen LogP contribution in [0.25, 0.3) is 0 Å². The summed E-state index contributed by atoms with van der Waals surface area (Å²) in [5, 5.41) is 1.82. The Labute approximate surface area is 137 Å². The van der Waals surface area contributed by atoms with Crippen molar-refractivity contribution in [1.82, 2.24) is 24.2 Å². The molecule has 6 nitrogen and oxygen atoms in total. The molecule has 0 saturated carbocycles. The van der Waals surface area contributed by atoms with Gasteiger partial charge in [-0.1, -0.05) is 6.07 Å². The molecular formula is C16H15N5OS. The van der Waals surface area contributed by atoms with Crippen molar-refractivity contribution in [3.63, 3.8) is 0 Å². The molecule has 1 aliphatic rings. The number of fused-ring (bicyclic) bond motifs is 1. The van der Waals surface area contributed by atoms with Crippen LogP contribution in [0.4, 0.5) is 0 Å². The van der Waals surface area contributed by atoms with Gasteiger partial charge in [0.2, 0.25) is 0 Å². The fourth-order valence-electron chi connectivity index (χ4n) is 3.02. The van der Waals surface area contributed by atoms with Gasteiger partial charge in [0.15, 0.2) is 0 Å². The van der Waals surface area contributed by atoms with Gasteiger partial charge in [-0.15, -0.1) is 0 Å². The van der Waals surface area contributed by atoms with Crippen LogP contribution in [0.3, 0.4) is 0 Å². The van der Waals surface area contributed by atoms with Crippen LogP contribution in [0, 0.1) is 6.92 Å². The average molecular weight is 325 g/mol. The molecule has 23 heavy (non-hydrogen) atoms. The summed E-state index contributed by atoms with van der Waals surface area (Å²) < 4.78 is 4.22. The molecule has 1 amide bonds. The van der Waals surface area contributed by atoms with Crippen molar-refractivity contribution >= 4 is 17.4 Å². The molecule has 116 valence electrons. The van der Waals surface area contributed by atoms with Gasteiger partial charge in [-0.25, -0.2) is 4.98 Å². The van der Waals surface area contributed by atoms with Gasteiger partial charge in [-0.05, 0) is 30.1 Å². The number of H-pyrrole nitrogens is 1. The molecule has 0 aliphatic carbocycles. The predicted molar refractivity (Wildman–Crippen MR) is 86.3 cm³/mol. The van der Waals surface area contributed by atoms with Crippen molar-refractivity contribution in [2.45, 2.75) is 19.4 Å². The Morgan fingerprint density at radius 3 is 3.13 bits per heavy atom. The summed E-state index contributed by atoms with van der Waals surface area (Å²) in [6, 6.07) is 3.65. The van der Waals surface area contributed by atoms with E-state index < -0.39 is 0 Å². The largest absolute Gasteiger partial charge is 0.348 e. The topological polar surface area (TPSA) is 74.8 Å². The third kappa shape index (κ3) is 2.33. The van der Waals surface area contributed by atoms with E-state index in [-0.39, 0.29) is 11.9 Å². The number of hydrogen-bond acceptors (Lipinski definition) is 5. The molecule has 3 aromatic rings. The number of hydrogen-bond donors (Lipinski definition) is 1. The summed E-state index contributed by atoms with van der Waals surface area (Å²) in [4.78, 5) is 26.8. The standard InChI is InChI=1S/C16H15N5OS/c1-10-12(8-23-20-10)16(22)21-6-4-13-14(19-9-18-13)15(21)11-3-2-5-17-7-11/h2-3,5,7-9,15H,4,6H2,1H3,(H,18,19). The predicted octanol–water partition coefficient (Wildman–Crippen LogP) is 2.36. The van der Waals surface area contributed by atoms with E-state index in [0.29, 0.717) is 12.1 Å². The molecule has 0 spiro atoms. The summed E-state index contributed by atoms with van der Waals surface area (Å²) in [6.45, 7) is 2.51. The van der Waals surface area contributed by atoms with Crippen LogP contribution in [0.5, 0.6) is 0 Å². The number of nitrogens with zero attached hydrogens (tertiary/aromatic N) is 4. The smallest absolute Gasteiger partial charge is 0.257 e. The Balaban J connectivity index is 1.80. The molecule has 4 heterocycles. The lowest BCUT2D eigenvalue weighted by Gasteiger charge is -2.35. The number of amides is 1. The number of nitrogens with one attached hydrogen (secondary N) is 1. The lowest BCUT2D eigenvalue weighted by molar-refractivity contribution is 0.0690. The van der Waals surface area contributed by atoms with E-state index in [1.807, 2.05) is 29.3 Å². The summed E-state index contributed by atoms with van der Waals surface area (Å²) in [6.07, 6.45) is 6.00. The quantitative estimate of drug-likeness (QED) is 0.785. The van der Waals surface area contributed by atoms with Gasteiger partial charge in [-0.2, -0.15) is 4.37 Å². The first-order chi connectivity index (χ1) is 11.3. The Kier molecular flexibility index (Phi) is 3.42. The summed E-state index contributed by atoms with van der Waals surface area (Å²) in [5.41, 5.74) is 4.40. The number of rotatable bonds is 2. The molecule has 0 saturated heterocycles. The second-order valence-electron chi connectivity index (χ2n) is 5.52. The second kappa shape index (κ2) is 5.58. The lowest BCUT2D eigenvalue weighted by atomic mass is 9.96. The number of imidazole rings is 1. The van der Waals surface area contributed by atoms with Gasteiger partial charge in [-0.3, -0.25) is 9.78 Å². The molecule has 0 bridgehead atoms. The zero-order chi connectivity index (χ0) is 15.8. The van der Waals surface area contributed by atoms with Crippen LogP contribution in [0.2, 0.25) is 0 Å². The third-order valence-electron chi connectivity index (χ3n) is 4.17. The van der Waals surface area contributed by atoms with E-state index in [2.05, 4.69) is 19.3 Å². The van der Waals surface area contributed by atoms with Crippen molar-refractivity contribution in [3.05, 3.63) is 64.4 Å². The molecule has 1 unspecified atom stereocenters. The highest BCUT2D eigenvalue weighted by atomic mass is 32.1. The molecule has 3 aromatic heterocycles. The highest BCUT2D eigenvalue weighted by Crippen LogP contribution is 2.34. The summed E-state index contributed by atoms with van der Waals surface area (Å²) in [5.74, 6) is -0.00115. The van der Waals surface area contributed by atoms with Gasteiger partial charge >= 0.3 is 0 Å². The number of aromatic amines is 1. The molecule has 1 N–H and O–H groups in total. The van der Waals surface area contributed by atoms with E-state index in [9.17, 15) is 4.79 Å². The molecule has 0 fully saturated rings. The number of aryl methyl sites for hydroxylation is 1. The minimum Gasteiger partial charge on any atom is -0.348 e. The first kappa shape index (κ1) is 14.1. The Bertz CT molecular complexity index is 841. The maximum Gasteiger partial charge on any atom is 0.257 e. The van der Waals surface area contributed by atoms with Crippen molar-refractivity contribution < 1.29 is 4.79 Å². The van der Waals surface area contributed by atoms with Gasteiger partial charge in [0, 0.05) is 36.4 Å². The van der Waals surface area contributed by atoms with Crippen LogP contribution >= 0.6 is 11.5 Å². The maximum absolute atomic E-state index is 13.0. The SMILES string of the molecule is Cc1nscc1C(=O)N1CCc2[nH]cnc2C1c1cccnc1. The highest BCUT2D eigenvalue weighted by molar-refractivity contribution is 7.03. The monoisotopic (exact) mass is 325 g/mol. The molecule has 0 radical (unpaired) electrons. The van der Waals surface area contributed by atoms with E-state index in [0.717, 1.165) is 29.1 Å². The first-order valence-corrected chi connectivity index (χ1v) is 8.23. The number of carbonyl (C=O) groups excluding carboxylic acids is 1. The van der Waals surface area contributed by atoms with Crippen molar-refractivity contribution in [2.75, 3.05) is 6.54 Å². The van der Waals surface area contributed by atoms with E-state index in [1.165, 1.54) is 11.5 Å². The maximum atomic E-state index is 13.0. The highest BCUT2D eigenvalue weighted by Gasteiger charge is 2.35. The molecule has 1 atom stereocenters. The lowest BCUT2D eigenvalue weighted by Crippen LogP contribution is -2.41. The fourth-order valence-corrected chi connectivity index (χ4v) is 3.71. The van der Waals surface area contributed by atoms with Crippen molar-refractivity contribution in [1.29, 1.82) is 0 Å². The Morgan fingerprint density at radius 1 is 1.48 bits per heavy atom. The Hall–Kier alpha value is -2.54. The van der Waals surface area contributed by atoms with Gasteiger partial charge in [0.1, 0.15) is 6.04 Å². The second-order valence-corrected chi connectivity index (χ2v) is 6.15. The van der Waals surface area contributed by atoms with E-state index in [1.54, 1.807) is 18.7 Å². The molecular weight excluding hydrogens is 310 g/mol. The van der Waals surface area contributed by atoms with Crippen molar-refractivity contribution in [2.24, 2.45) is 0 Å². The molecule has 1 aliphatic heterocycles. The number of carbonyl (C=O) groups is 1. The van der Waals surface area contributed by atoms with E-state index in [4.69, 9.17) is 0 Å². The first-order valence-electron chi connectivity index (χ1n) is 7.39. The molecule has 4 rings (SSSR count). The van der Waals surface area contributed by atoms with Crippen LogP contribution in [0.15, 0.2) is 36.2 Å². The minimum atomic E-state index is -0.217. The van der Waals surface area contributed by atoms with Crippen LogP contribution in [0.1, 0.15) is 39.0 Å². The van der Waals surface area contributed by atoms with Gasteiger partial charge in [0.25, 0.3) is 5.91 Å². The van der Waals surface area contributed by atoms with Crippen LogP contribution in [-0.2, 0) is 6.42 Å². The van der Waals surface area contributed by atoms with E-state index >= 15 is 0 Å². The zero-order valence-electron chi connectivity index (χ0n) is 12.6. The minimum absolute atomic E-state index is 0.00115. The number of aromatic nitrogens is 4. The third-order valence-corrected chi connectivity index (χ3v) is 4.89. The normalized spacial score (nSPS) is 17.1. The average Bonchev–Trinajstić information content (AvgIpc) is 3.22. The van der Waals surface area contributed by atoms with Crippen LogP contribution < -0.4 is 0 Å². The molecule has 0 aromatic carbocycles. The van der Waals surface area contributed by atoms with Gasteiger partial charge in [0.05, 0.1) is 23.3 Å². The number of pyridine rings is 1. The summed E-state index contributed by atoms with van der Waals surface area (Å²) >= 11 is 1.31.